The van der Waals surface area contributed by atoms with Gasteiger partial charge < -0.3 is 20.3 Å². The van der Waals surface area contributed by atoms with Crippen LogP contribution in [0.15, 0.2) is 91.0 Å². The molecule has 6 rings (SSSR count). The minimum absolute atomic E-state index is 0.0995. The minimum Gasteiger partial charge on any atom is -0.497 e. The summed E-state index contributed by atoms with van der Waals surface area (Å²) in [7, 11) is 3.63. The number of likely N-dealkylation sites (N-methyl/N-ethyl adjacent to an activating group) is 1. The van der Waals surface area contributed by atoms with Gasteiger partial charge in [0.05, 0.1) is 18.2 Å². The summed E-state index contributed by atoms with van der Waals surface area (Å²) < 4.78 is 47.5. The van der Waals surface area contributed by atoms with Crippen LogP contribution in [0.1, 0.15) is 27.0 Å². The van der Waals surface area contributed by atoms with Gasteiger partial charge in [-0.05, 0) is 109 Å². The van der Waals surface area contributed by atoms with E-state index in [0.717, 1.165) is 58.2 Å². The van der Waals surface area contributed by atoms with Crippen molar-refractivity contribution in [3.8, 4) is 16.9 Å². The van der Waals surface area contributed by atoms with E-state index in [2.05, 4.69) is 15.5 Å². The number of piperazine rings is 1. The molecule has 2 N–H and O–H groups in total. The zero-order valence-corrected chi connectivity index (χ0v) is 26.5. The van der Waals surface area contributed by atoms with E-state index in [-0.39, 0.29) is 17.8 Å². The van der Waals surface area contributed by atoms with Crippen LogP contribution in [0.25, 0.3) is 22.0 Å². The molecule has 1 saturated heterocycles. The fourth-order valence-corrected chi connectivity index (χ4v) is 5.77. The number of carbonyl (C=O) groups is 1. The minimum atomic E-state index is -4.54. The third-order valence-corrected chi connectivity index (χ3v) is 8.53. The summed E-state index contributed by atoms with van der Waals surface area (Å²) >= 11 is 0. The van der Waals surface area contributed by atoms with Crippen molar-refractivity contribution in [3.05, 3.63) is 113 Å². The first-order chi connectivity index (χ1) is 22.6. The summed E-state index contributed by atoms with van der Waals surface area (Å²) in [6.07, 6.45) is -4.54. The van der Waals surface area contributed by atoms with Crippen LogP contribution in [-0.2, 0) is 12.7 Å². The smallest absolute Gasteiger partial charge is 0.416 e. The van der Waals surface area contributed by atoms with Crippen molar-refractivity contribution in [1.82, 2.24) is 14.8 Å². The summed E-state index contributed by atoms with van der Waals surface area (Å²) in [5.41, 5.74) is 4.30. The fourth-order valence-electron chi connectivity index (χ4n) is 5.77. The first-order valence-electron chi connectivity index (χ1n) is 15.4. The molecular formula is C37H36F3N5O2. The van der Waals surface area contributed by atoms with E-state index < -0.39 is 17.6 Å². The average Bonchev–Trinajstić information content (AvgIpc) is 3.06. The van der Waals surface area contributed by atoms with E-state index in [0.29, 0.717) is 24.5 Å². The zero-order chi connectivity index (χ0) is 33.1. The standard InChI is InChI=1S/C37H36F3N5O2/c1-24-4-5-27(36(46)42-30-9-6-28(33(22-30)37(38,39)40)23-45-18-16-44(2)17-19-45)21-32(24)25-7-14-34-26(20-25)8-15-35(43-34)41-29-10-12-31(47-3)13-11-29/h4-15,20-22H,16-19,23H2,1-3H3,(H,41,43)(H,42,46). The molecule has 0 unspecified atom stereocenters. The van der Waals surface area contributed by atoms with Crippen molar-refractivity contribution >= 4 is 34.0 Å². The lowest BCUT2D eigenvalue weighted by Gasteiger charge is -2.33. The molecule has 5 aromatic rings. The Morgan fingerprint density at radius 2 is 1.62 bits per heavy atom. The maximum atomic E-state index is 14.1. The summed E-state index contributed by atoms with van der Waals surface area (Å²) in [5.74, 6) is 0.988. The first kappa shape index (κ1) is 32.0. The van der Waals surface area contributed by atoms with Crippen LogP contribution in [0.5, 0.6) is 5.75 Å². The van der Waals surface area contributed by atoms with Crippen LogP contribution in [0.3, 0.4) is 0 Å². The number of benzene rings is 4. The second-order valence-electron chi connectivity index (χ2n) is 11.9. The summed E-state index contributed by atoms with van der Waals surface area (Å²) in [6, 6.07) is 26.7. The lowest BCUT2D eigenvalue weighted by Crippen LogP contribution is -2.44. The van der Waals surface area contributed by atoms with E-state index >= 15 is 0 Å². The Balaban J connectivity index is 1.19. The molecule has 1 fully saturated rings. The van der Waals surface area contributed by atoms with Crippen molar-refractivity contribution in [2.75, 3.05) is 51.0 Å². The van der Waals surface area contributed by atoms with Gasteiger partial charge in [-0.2, -0.15) is 13.2 Å². The second kappa shape index (κ2) is 13.4. The number of amides is 1. The van der Waals surface area contributed by atoms with Crippen LogP contribution in [0.2, 0.25) is 0 Å². The number of pyridine rings is 1. The molecule has 2 heterocycles. The SMILES string of the molecule is COc1ccc(Nc2ccc3cc(-c4cc(C(=O)Nc5ccc(CN6CCN(C)CC6)c(C(F)(F)F)c5)ccc4C)ccc3n2)cc1. The van der Waals surface area contributed by atoms with Crippen molar-refractivity contribution in [3.63, 3.8) is 0 Å². The van der Waals surface area contributed by atoms with Gasteiger partial charge in [-0.25, -0.2) is 4.98 Å². The molecular weight excluding hydrogens is 603 g/mol. The van der Waals surface area contributed by atoms with Gasteiger partial charge >= 0.3 is 6.18 Å². The summed E-state index contributed by atoms with van der Waals surface area (Å²) in [5, 5.41) is 6.91. The number of anilines is 3. The maximum Gasteiger partial charge on any atom is 0.416 e. The normalized spacial score (nSPS) is 14.3. The summed E-state index contributed by atoms with van der Waals surface area (Å²) in [6.45, 7) is 5.20. The Bertz CT molecular complexity index is 1900. The molecule has 0 atom stereocenters. The Morgan fingerprint density at radius 3 is 2.34 bits per heavy atom. The number of alkyl halides is 3. The molecule has 0 saturated carbocycles. The second-order valence-corrected chi connectivity index (χ2v) is 11.9. The molecule has 0 bridgehead atoms. The number of ether oxygens (including phenoxy) is 1. The van der Waals surface area contributed by atoms with Gasteiger partial charge in [0.1, 0.15) is 11.6 Å². The number of fused-ring (bicyclic) bond motifs is 1. The van der Waals surface area contributed by atoms with Crippen molar-refractivity contribution in [1.29, 1.82) is 0 Å². The van der Waals surface area contributed by atoms with E-state index in [9.17, 15) is 18.0 Å². The van der Waals surface area contributed by atoms with Gasteiger partial charge in [0.2, 0.25) is 0 Å². The Kier molecular flexibility index (Phi) is 9.15. The molecule has 1 amide bonds. The molecule has 0 radical (unpaired) electrons. The molecule has 1 aliphatic heterocycles. The quantitative estimate of drug-likeness (QED) is 0.180. The Morgan fingerprint density at radius 1 is 0.872 bits per heavy atom. The predicted molar refractivity (Wildman–Crippen MR) is 180 cm³/mol. The topological polar surface area (TPSA) is 69.7 Å². The molecule has 10 heteroatoms. The highest BCUT2D eigenvalue weighted by Crippen LogP contribution is 2.35. The van der Waals surface area contributed by atoms with E-state index in [1.807, 2.05) is 79.5 Å². The van der Waals surface area contributed by atoms with Gasteiger partial charge in [-0.3, -0.25) is 9.69 Å². The number of aryl methyl sites for hydroxylation is 1. The number of carbonyl (C=O) groups excluding carboxylic acids is 1. The van der Waals surface area contributed by atoms with Gasteiger partial charge in [0.25, 0.3) is 5.91 Å². The lowest BCUT2D eigenvalue weighted by atomic mass is 9.96. The Hall–Kier alpha value is -4.93. The van der Waals surface area contributed by atoms with Gasteiger partial charge in [0.15, 0.2) is 0 Å². The number of nitrogens with one attached hydrogen (secondary N) is 2. The van der Waals surface area contributed by atoms with Gasteiger partial charge in [0, 0.05) is 55.0 Å². The van der Waals surface area contributed by atoms with Crippen molar-refractivity contribution < 1.29 is 22.7 Å². The van der Waals surface area contributed by atoms with Crippen LogP contribution >= 0.6 is 0 Å². The molecule has 4 aromatic carbocycles. The van der Waals surface area contributed by atoms with Gasteiger partial charge in [-0.1, -0.05) is 18.2 Å². The number of aromatic nitrogens is 1. The first-order valence-corrected chi connectivity index (χ1v) is 15.4. The van der Waals surface area contributed by atoms with Crippen LogP contribution in [-0.4, -0.2) is 61.0 Å². The zero-order valence-electron chi connectivity index (χ0n) is 26.5. The number of nitrogens with zero attached hydrogens (tertiary/aromatic N) is 3. The largest absolute Gasteiger partial charge is 0.497 e. The van der Waals surface area contributed by atoms with E-state index in [1.54, 1.807) is 25.3 Å². The molecule has 0 aliphatic carbocycles. The predicted octanol–water partition coefficient (Wildman–Crippen LogP) is 7.98. The molecule has 1 aliphatic rings. The average molecular weight is 640 g/mol. The highest BCUT2D eigenvalue weighted by atomic mass is 19.4. The summed E-state index contributed by atoms with van der Waals surface area (Å²) in [4.78, 5) is 22.2. The third kappa shape index (κ3) is 7.56. The number of rotatable bonds is 8. The number of halogens is 3. The van der Waals surface area contributed by atoms with Crippen molar-refractivity contribution in [2.24, 2.45) is 0 Å². The maximum absolute atomic E-state index is 14.1. The highest BCUT2D eigenvalue weighted by molar-refractivity contribution is 6.05. The van der Waals surface area contributed by atoms with Crippen LogP contribution in [0.4, 0.5) is 30.4 Å². The number of methoxy groups -OCH3 is 1. The van der Waals surface area contributed by atoms with E-state index in [4.69, 9.17) is 9.72 Å². The van der Waals surface area contributed by atoms with Crippen molar-refractivity contribution in [2.45, 2.75) is 19.6 Å². The molecule has 47 heavy (non-hydrogen) atoms. The number of hydrogen-bond acceptors (Lipinski definition) is 6. The highest BCUT2D eigenvalue weighted by Gasteiger charge is 2.34. The monoisotopic (exact) mass is 639 g/mol. The number of hydrogen-bond donors (Lipinski definition) is 2. The Labute approximate surface area is 272 Å². The molecule has 0 spiro atoms. The molecule has 242 valence electrons. The van der Waals surface area contributed by atoms with E-state index in [1.165, 1.54) is 6.07 Å². The molecule has 1 aromatic heterocycles. The lowest BCUT2D eigenvalue weighted by molar-refractivity contribution is -0.138. The third-order valence-electron chi connectivity index (χ3n) is 8.53. The van der Waals surface area contributed by atoms with Crippen LogP contribution < -0.4 is 15.4 Å². The van der Waals surface area contributed by atoms with Crippen LogP contribution in [0, 0.1) is 6.92 Å². The fraction of sp³-hybridized carbons (Fsp3) is 0.243. The molecule has 7 nitrogen and oxygen atoms in total. The van der Waals surface area contributed by atoms with Gasteiger partial charge in [-0.15, -0.1) is 0 Å².